The molecule has 23 heavy (non-hydrogen) atoms. The van der Waals surface area contributed by atoms with E-state index in [-0.39, 0.29) is 12.2 Å². The molecular weight excluding hydrogens is 362 g/mol. The highest BCUT2D eigenvalue weighted by molar-refractivity contribution is 9.10. The second kappa shape index (κ2) is 5.94. The topological polar surface area (TPSA) is 70.8 Å². The highest BCUT2D eigenvalue weighted by atomic mass is 79.9. The summed E-state index contributed by atoms with van der Waals surface area (Å²) in [4.78, 5) is 26.6. The number of benzene rings is 1. The monoisotopic (exact) mass is 377 g/mol. The van der Waals surface area contributed by atoms with Gasteiger partial charge in [0.2, 0.25) is 5.78 Å². The van der Waals surface area contributed by atoms with Gasteiger partial charge in [0.15, 0.2) is 11.4 Å². The molecule has 0 bridgehead atoms. The van der Waals surface area contributed by atoms with E-state index in [2.05, 4.69) is 15.9 Å². The van der Waals surface area contributed by atoms with Crippen molar-refractivity contribution in [3.05, 3.63) is 52.4 Å². The number of nitrogens with zero attached hydrogens (tertiary/aromatic N) is 1. The van der Waals surface area contributed by atoms with Crippen LogP contribution in [0.3, 0.4) is 0 Å². The summed E-state index contributed by atoms with van der Waals surface area (Å²) in [5.74, 6) is -0.737. The number of fused-ring (bicyclic) bond motifs is 1. The Bertz CT molecular complexity index is 756. The molecule has 0 fully saturated rings. The molecule has 0 spiro atoms. The molecule has 1 atom stereocenters. The van der Waals surface area contributed by atoms with E-state index in [1.165, 1.54) is 17.2 Å². The summed E-state index contributed by atoms with van der Waals surface area (Å²) in [6.07, 6.45) is 1.80. The van der Waals surface area contributed by atoms with Gasteiger partial charge in [0.25, 0.3) is 5.91 Å². The minimum Gasteiger partial charge on any atom is -0.461 e. The molecule has 2 heterocycles. The summed E-state index contributed by atoms with van der Waals surface area (Å²) in [6, 6.07) is 8.41. The number of halogens is 1. The summed E-state index contributed by atoms with van der Waals surface area (Å²) in [5, 5.41) is 11.0. The van der Waals surface area contributed by atoms with E-state index >= 15 is 0 Å². The van der Waals surface area contributed by atoms with Crippen LogP contribution in [0.2, 0.25) is 0 Å². The van der Waals surface area contributed by atoms with E-state index in [9.17, 15) is 14.7 Å². The van der Waals surface area contributed by atoms with Crippen molar-refractivity contribution in [1.29, 1.82) is 0 Å². The van der Waals surface area contributed by atoms with Crippen LogP contribution in [-0.2, 0) is 10.4 Å². The zero-order valence-electron chi connectivity index (χ0n) is 12.6. The summed E-state index contributed by atoms with van der Waals surface area (Å²) in [6.45, 7) is 2.45. The van der Waals surface area contributed by atoms with E-state index in [0.29, 0.717) is 17.8 Å². The van der Waals surface area contributed by atoms with Gasteiger partial charge < -0.3 is 14.4 Å². The van der Waals surface area contributed by atoms with Crippen LogP contribution < -0.4 is 4.90 Å². The third-order valence-corrected chi connectivity index (χ3v) is 4.45. The molecule has 2 aromatic rings. The van der Waals surface area contributed by atoms with Crippen LogP contribution in [0.1, 0.15) is 35.9 Å². The first-order valence-electron chi connectivity index (χ1n) is 7.38. The van der Waals surface area contributed by atoms with E-state index in [0.717, 1.165) is 10.9 Å². The minimum atomic E-state index is -1.86. The van der Waals surface area contributed by atoms with Crippen LogP contribution >= 0.6 is 15.9 Å². The highest BCUT2D eigenvalue weighted by Gasteiger charge is 2.51. The van der Waals surface area contributed by atoms with Crippen molar-refractivity contribution in [2.45, 2.75) is 25.4 Å². The molecule has 0 unspecified atom stereocenters. The third kappa shape index (κ3) is 2.62. The zero-order chi connectivity index (χ0) is 16.6. The zero-order valence-corrected chi connectivity index (χ0v) is 14.2. The maximum absolute atomic E-state index is 12.8. The Labute approximate surface area is 142 Å². The molecular formula is C17H16BrNO4. The van der Waals surface area contributed by atoms with Crippen LogP contribution in [-0.4, -0.2) is 23.3 Å². The van der Waals surface area contributed by atoms with Crippen LogP contribution in [0.25, 0.3) is 0 Å². The normalized spacial score (nSPS) is 20.0. The Morgan fingerprint density at radius 3 is 2.83 bits per heavy atom. The molecule has 1 aromatic carbocycles. The number of Topliss-reactive ketones (excluding diaryl/α,β-unsaturated/α-hetero) is 1. The molecule has 1 aliphatic rings. The molecule has 1 N–H and O–H groups in total. The number of carbonyl (C=O) groups is 2. The predicted molar refractivity (Wildman–Crippen MR) is 88.3 cm³/mol. The van der Waals surface area contributed by atoms with E-state index < -0.39 is 17.3 Å². The van der Waals surface area contributed by atoms with E-state index in [1.54, 1.807) is 18.2 Å². The molecule has 0 saturated carbocycles. The van der Waals surface area contributed by atoms with Gasteiger partial charge in [-0.3, -0.25) is 9.59 Å². The number of furan rings is 1. The van der Waals surface area contributed by atoms with E-state index in [4.69, 9.17) is 4.42 Å². The molecule has 6 heteroatoms. The number of amides is 1. The lowest BCUT2D eigenvalue weighted by atomic mass is 9.89. The first-order chi connectivity index (χ1) is 11.0. The SMILES string of the molecule is CCCN1C(=O)[C@@](O)(CC(=O)c2ccco2)c2cc(Br)ccc21. The average Bonchev–Trinajstić information content (AvgIpc) is 3.11. The first kappa shape index (κ1) is 16.0. The maximum atomic E-state index is 12.8. The number of hydrogen-bond donors (Lipinski definition) is 1. The number of aliphatic hydroxyl groups is 1. The number of anilines is 1. The predicted octanol–water partition coefficient (Wildman–Crippen LogP) is 3.26. The van der Waals surface area contributed by atoms with Gasteiger partial charge in [-0.25, -0.2) is 0 Å². The van der Waals surface area contributed by atoms with Gasteiger partial charge in [0.1, 0.15) is 0 Å². The van der Waals surface area contributed by atoms with Crippen molar-refractivity contribution in [2.75, 3.05) is 11.4 Å². The number of hydrogen-bond acceptors (Lipinski definition) is 4. The van der Waals surface area contributed by atoms with Crippen molar-refractivity contribution < 1.29 is 19.1 Å². The third-order valence-electron chi connectivity index (χ3n) is 3.95. The lowest BCUT2D eigenvalue weighted by Gasteiger charge is -2.22. The van der Waals surface area contributed by atoms with E-state index in [1.807, 2.05) is 13.0 Å². The summed E-state index contributed by atoms with van der Waals surface area (Å²) >= 11 is 3.36. The van der Waals surface area contributed by atoms with Gasteiger partial charge in [0, 0.05) is 16.6 Å². The molecule has 1 amide bonds. The average molecular weight is 378 g/mol. The standard InChI is InChI=1S/C17H16BrNO4/c1-2-7-19-13-6-5-11(18)9-12(13)17(22,16(19)21)10-14(20)15-4-3-8-23-15/h3-6,8-9,22H,2,7,10H2,1H3/t17-/m1/s1. The van der Waals surface area contributed by atoms with Crippen molar-refractivity contribution in [3.63, 3.8) is 0 Å². The lowest BCUT2D eigenvalue weighted by Crippen LogP contribution is -2.42. The minimum absolute atomic E-state index is 0.136. The Morgan fingerprint density at radius 1 is 1.39 bits per heavy atom. The summed E-state index contributed by atoms with van der Waals surface area (Å²) in [7, 11) is 0. The van der Waals surface area contributed by atoms with Crippen molar-refractivity contribution in [2.24, 2.45) is 0 Å². The molecule has 120 valence electrons. The van der Waals surface area contributed by atoms with Crippen LogP contribution in [0.5, 0.6) is 0 Å². The second-order valence-electron chi connectivity index (χ2n) is 5.56. The van der Waals surface area contributed by atoms with Gasteiger partial charge in [0.05, 0.1) is 18.4 Å². The fourth-order valence-corrected chi connectivity index (χ4v) is 3.26. The Morgan fingerprint density at radius 2 is 2.17 bits per heavy atom. The van der Waals surface area contributed by atoms with Crippen LogP contribution in [0.4, 0.5) is 5.69 Å². The van der Waals surface area contributed by atoms with Crippen LogP contribution in [0.15, 0.2) is 45.5 Å². The molecule has 0 saturated heterocycles. The van der Waals surface area contributed by atoms with Crippen molar-refractivity contribution >= 4 is 33.3 Å². The fourth-order valence-electron chi connectivity index (χ4n) is 2.90. The maximum Gasteiger partial charge on any atom is 0.264 e. The van der Waals surface area contributed by atoms with Crippen LogP contribution in [0, 0.1) is 0 Å². The largest absolute Gasteiger partial charge is 0.461 e. The van der Waals surface area contributed by atoms with Gasteiger partial charge >= 0.3 is 0 Å². The Kier molecular flexibility index (Phi) is 4.12. The number of carbonyl (C=O) groups excluding carboxylic acids is 2. The lowest BCUT2D eigenvalue weighted by molar-refractivity contribution is -0.135. The van der Waals surface area contributed by atoms with Gasteiger partial charge in [-0.2, -0.15) is 0 Å². The number of rotatable bonds is 5. The quantitative estimate of drug-likeness (QED) is 0.811. The summed E-state index contributed by atoms with van der Waals surface area (Å²) in [5.41, 5.74) is -0.766. The molecule has 1 aliphatic heterocycles. The Hall–Kier alpha value is -1.92. The van der Waals surface area contributed by atoms with Gasteiger partial charge in [-0.15, -0.1) is 0 Å². The molecule has 3 rings (SSSR count). The van der Waals surface area contributed by atoms with Gasteiger partial charge in [-0.05, 0) is 36.8 Å². The Balaban J connectivity index is 2.02. The fraction of sp³-hybridized carbons (Fsp3) is 0.294. The molecule has 0 radical (unpaired) electrons. The first-order valence-corrected chi connectivity index (χ1v) is 8.17. The van der Waals surface area contributed by atoms with Crippen molar-refractivity contribution in [1.82, 2.24) is 0 Å². The number of ketones is 1. The highest BCUT2D eigenvalue weighted by Crippen LogP contribution is 2.44. The molecule has 0 aliphatic carbocycles. The van der Waals surface area contributed by atoms with Gasteiger partial charge in [-0.1, -0.05) is 22.9 Å². The van der Waals surface area contributed by atoms with Crippen molar-refractivity contribution in [3.8, 4) is 0 Å². The molecule has 1 aromatic heterocycles. The molecule has 5 nitrogen and oxygen atoms in total. The smallest absolute Gasteiger partial charge is 0.264 e. The second-order valence-corrected chi connectivity index (χ2v) is 6.47. The summed E-state index contributed by atoms with van der Waals surface area (Å²) < 4.78 is 5.82.